The number of nitrogens with two attached hydrogens (primary N) is 1. The Kier molecular flexibility index (Phi) is 2.98. The van der Waals surface area contributed by atoms with Gasteiger partial charge in [0.05, 0.1) is 0 Å². The van der Waals surface area contributed by atoms with Crippen LogP contribution in [0.2, 0.25) is 0 Å². The fourth-order valence-corrected chi connectivity index (χ4v) is 2.92. The Morgan fingerprint density at radius 3 is 2.38 bits per heavy atom. The minimum absolute atomic E-state index is 0.145. The SMILES string of the molecule is Cn1c(C2CCCCC2)nnc1S(N)(=O)=O. The van der Waals surface area contributed by atoms with Crippen LogP contribution >= 0.6 is 0 Å². The molecule has 0 saturated heterocycles. The summed E-state index contributed by atoms with van der Waals surface area (Å²) in [6.45, 7) is 0. The molecule has 0 aliphatic heterocycles. The highest BCUT2D eigenvalue weighted by atomic mass is 32.2. The van der Waals surface area contributed by atoms with E-state index in [1.54, 1.807) is 7.05 Å². The number of rotatable bonds is 2. The highest BCUT2D eigenvalue weighted by Crippen LogP contribution is 2.31. The van der Waals surface area contributed by atoms with Crippen LogP contribution in [0.5, 0.6) is 0 Å². The normalized spacial score (nSPS) is 18.9. The van der Waals surface area contributed by atoms with Gasteiger partial charge in [0.1, 0.15) is 5.82 Å². The van der Waals surface area contributed by atoms with Crippen LogP contribution in [0.3, 0.4) is 0 Å². The molecule has 90 valence electrons. The third-order valence-electron chi connectivity index (χ3n) is 3.09. The molecular weight excluding hydrogens is 228 g/mol. The molecule has 1 aromatic rings. The van der Waals surface area contributed by atoms with Crippen molar-refractivity contribution in [3.05, 3.63) is 5.82 Å². The summed E-state index contributed by atoms with van der Waals surface area (Å²) in [7, 11) is -2.11. The summed E-state index contributed by atoms with van der Waals surface area (Å²) in [5.41, 5.74) is 0. The second-order valence-electron chi connectivity index (χ2n) is 4.28. The molecule has 16 heavy (non-hydrogen) atoms. The van der Waals surface area contributed by atoms with E-state index < -0.39 is 10.0 Å². The maximum atomic E-state index is 11.2. The van der Waals surface area contributed by atoms with Crippen LogP contribution in [-0.2, 0) is 17.1 Å². The summed E-state index contributed by atoms with van der Waals surface area (Å²) in [6.07, 6.45) is 5.69. The van der Waals surface area contributed by atoms with Gasteiger partial charge in [0.2, 0.25) is 0 Å². The molecule has 1 aliphatic carbocycles. The van der Waals surface area contributed by atoms with Crippen LogP contribution in [0.1, 0.15) is 43.8 Å². The molecule has 7 heteroatoms. The minimum atomic E-state index is -3.76. The van der Waals surface area contributed by atoms with Gasteiger partial charge in [-0.25, -0.2) is 13.6 Å². The molecule has 1 saturated carbocycles. The molecule has 6 nitrogen and oxygen atoms in total. The van der Waals surface area contributed by atoms with Gasteiger partial charge in [0.15, 0.2) is 0 Å². The fourth-order valence-electron chi connectivity index (χ4n) is 2.29. The van der Waals surface area contributed by atoms with Crippen LogP contribution in [0.15, 0.2) is 5.16 Å². The molecule has 1 heterocycles. The lowest BCUT2D eigenvalue weighted by Crippen LogP contribution is -2.18. The van der Waals surface area contributed by atoms with E-state index in [9.17, 15) is 8.42 Å². The number of sulfonamides is 1. The van der Waals surface area contributed by atoms with Crippen LogP contribution in [-0.4, -0.2) is 23.2 Å². The summed E-state index contributed by atoms with van der Waals surface area (Å²) >= 11 is 0. The van der Waals surface area contributed by atoms with Crippen molar-refractivity contribution in [1.82, 2.24) is 14.8 Å². The van der Waals surface area contributed by atoms with E-state index in [0.29, 0.717) is 5.92 Å². The first-order valence-corrected chi connectivity index (χ1v) is 6.97. The Bertz CT molecular complexity index is 474. The second-order valence-corrected chi connectivity index (χ2v) is 5.73. The summed E-state index contributed by atoms with van der Waals surface area (Å²) in [4.78, 5) is 0. The lowest BCUT2D eigenvalue weighted by molar-refractivity contribution is 0.418. The fraction of sp³-hybridized carbons (Fsp3) is 0.778. The number of hydrogen-bond acceptors (Lipinski definition) is 4. The van der Waals surface area contributed by atoms with Crippen LogP contribution < -0.4 is 5.14 Å². The largest absolute Gasteiger partial charge is 0.304 e. The molecule has 0 atom stereocenters. The molecule has 2 N–H and O–H groups in total. The van der Waals surface area contributed by atoms with E-state index in [1.165, 1.54) is 23.8 Å². The zero-order chi connectivity index (χ0) is 11.8. The number of aromatic nitrogens is 3. The van der Waals surface area contributed by atoms with Gasteiger partial charge < -0.3 is 4.57 Å². The van der Waals surface area contributed by atoms with Gasteiger partial charge in [0.25, 0.3) is 15.2 Å². The van der Waals surface area contributed by atoms with Crippen LogP contribution in [0.25, 0.3) is 0 Å². The molecule has 1 fully saturated rings. The van der Waals surface area contributed by atoms with Crippen molar-refractivity contribution in [2.24, 2.45) is 12.2 Å². The molecule has 0 radical (unpaired) electrons. The Morgan fingerprint density at radius 1 is 1.25 bits per heavy atom. The number of primary sulfonamides is 1. The van der Waals surface area contributed by atoms with Crippen molar-refractivity contribution in [1.29, 1.82) is 0 Å². The maximum Gasteiger partial charge on any atom is 0.273 e. The first-order chi connectivity index (χ1) is 7.50. The Balaban J connectivity index is 2.33. The van der Waals surface area contributed by atoms with E-state index in [2.05, 4.69) is 10.2 Å². The topological polar surface area (TPSA) is 90.9 Å². The zero-order valence-corrected chi connectivity index (χ0v) is 10.1. The van der Waals surface area contributed by atoms with E-state index in [0.717, 1.165) is 18.7 Å². The zero-order valence-electron chi connectivity index (χ0n) is 9.26. The lowest BCUT2D eigenvalue weighted by atomic mass is 9.89. The van der Waals surface area contributed by atoms with E-state index >= 15 is 0 Å². The van der Waals surface area contributed by atoms with Crippen molar-refractivity contribution in [3.63, 3.8) is 0 Å². The highest BCUT2D eigenvalue weighted by molar-refractivity contribution is 7.89. The van der Waals surface area contributed by atoms with Crippen LogP contribution in [0.4, 0.5) is 0 Å². The molecule has 0 unspecified atom stereocenters. The summed E-state index contributed by atoms with van der Waals surface area (Å²) in [5, 5.41) is 12.5. The molecule has 0 spiro atoms. The molecule has 1 aromatic heterocycles. The third kappa shape index (κ3) is 2.10. The first kappa shape index (κ1) is 11.5. The Morgan fingerprint density at radius 2 is 1.88 bits per heavy atom. The monoisotopic (exact) mass is 244 g/mol. The number of hydrogen-bond donors (Lipinski definition) is 1. The molecule has 2 rings (SSSR count). The van der Waals surface area contributed by atoms with Gasteiger partial charge in [-0.2, -0.15) is 0 Å². The van der Waals surface area contributed by atoms with Crippen molar-refractivity contribution in [3.8, 4) is 0 Å². The predicted molar refractivity (Wildman–Crippen MR) is 58.2 cm³/mol. The minimum Gasteiger partial charge on any atom is -0.304 e. The molecule has 1 aliphatic rings. The molecule has 0 aromatic carbocycles. The second kappa shape index (κ2) is 4.14. The highest BCUT2D eigenvalue weighted by Gasteiger charge is 2.25. The number of nitrogens with zero attached hydrogens (tertiary/aromatic N) is 3. The van der Waals surface area contributed by atoms with Gasteiger partial charge in [-0.15, -0.1) is 10.2 Å². The van der Waals surface area contributed by atoms with Gasteiger partial charge >= 0.3 is 0 Å². The van der Waals surface area contributed by atoms with Gasteiger partial charge in [0, 0.05) is 13.0 Å². The molecule has 0 amide bonds. The average molecular weight is 244 g/mol. The van der Waals surface area contributed by atoms with Crippen LogP contribution in [0, 0.1) is 0 Å². The van der Waals surface area contributed by atoms with E-state index in [4.69, 9.17) is 5.14 Å². The maximum absolute atomic E-state index is 11.2. The molecular formula is C9H16N4O2S. The summed E-state index contributed by atoms with van der Waals surface area (Å²) in [6, 6.07) is 0. The summed E-state index contributed by atoms with van der Waals surface area (Å²) < 4.78 is 23.9. The summed E-state index contributed by atoms with van der Waals surface area (Å²) in [5.74, 6) is 1.06. The smallest absolute Gasteiger partial charge is 0.273 e. The van der Waals surface area contributed by atoms with Crippen molar-refractivity contribution in [2.45, 2.75) is 43.2 Å². The quantitative estimate of drug-likeness (QED) is 0.820. The van der Waals surface area contributed by atoms with Crippen molar-refractivity contribution in [2.75, 3.05) is 0 Å². The van der Waals surface area contributed by atoms with E-state index in [-0.39, 0.29) is 5.16 Å². The predicted octanol–water partition coefficient (Wildman–Crippen LogP) is 0.510. The Hall–Kier alpha value is -0.950. The van der Waals surface area contributed by atoms with Crippen molar-refractivity contribution >= 4 is 10.0 Å². The van der Waals surface area contributed by atoms with Gasteiger partial charge in [-0.1, -0.05) is 19.3 Å². The standard InChI is InChI=1S/C9H16N4O2S/c1-13-8(7-5-3-2-4-6-7)11-12-9(13)16(10,14)15/h7H,2-6H2,1H3,(H2,10,14,15). The lowest BCUT2D eigenvalue weighted by Gasteiger charge is -2.20. The first-order valence-electron chi connectivity index (χ1n) is 5.42. The molecule has 0 bridgehead atoms. The van der Waals surface area contributed by atoms with Crippen molar-refractivity contribution < 1.29 is 8.42 Å². The van der Waals surface area contributed by atoms with E-state index in [1.807, 2.05) is 0 Å². The third-order valence-corrected chi connectivity index (χ3v) is 3.96. The van der Waals surface area contributed by atoms with Gasteiger partial charge in [-0.3, -0.25) is 0 Å². The average Bonchev–Trinajstić information content (AvgIpc) is 2.61. The van der Waals surface area contributed by atoms with Gasteiger partial charge in [-0.05, 0) is 12.8 Å². The Labute approximate surface area is 94.9 Å².